The van der Waals surface area contributed by atoms with Crippen LogP contribution in [0.15, 0.2) is 48.5 Å². The average molecular weight is 377 g/mol. The van der Waals surface area contributed by atoms with Gasteiger partial charge in [0, 0.05) is 36.1 Å². The summed E-state index contributed by atoms with van der Waals surface area (Å²) in [4.78, 5) is 26.2. The molecule has 0 bridgehead atoms. The van der Waals surface area contributed by atoms with Crippen LogP contribution in [0.2, 0.25) is 10.0 Å². The van der Waals surface area contributed by atoms with E-state index < -0.39 is 0 Å². The van der Waals surface area contributed by atoms with Gasteiger partial charge in [-0.3, -0.25) is 9.59 Å². The second kappa shape index (κ2) is 7.89. The van der Waals surface area contributed by atoms with Gasteiger partial charge in [-0.25, -0.2) is 0 Å². The molecule has 4 nitrogen and oxygen atoms in total. The van der Waals surface area contributed by atoms with Crippen LogP contribution < -0.4 is 5.32 Å². The largest absolute Gasteiger partial charge is 0.352 e. The maximum Gasteiger partial charge on any atom is 0.225 e. The molecule has 0 spiro atoms. The normalized spacial score (nSPS) is 17.0. The van der Waals surface area contributed by atoms with E-state index in [9.17, 15) is 9.59 Å². The van der Waals surface area contributed by atoms with Gasteiger partial charge in [0.15, 0.2) is 0 Å². The van der Waals surface area contributed by atoms with Gasteiger partial charge in [0.05, 0.1) is 5.92 Å². The molecule has 0 unspecified atom stereocenters. The van der Waals surface area contributed by atoms with E-state index in [4.69, 9.17) is 23.2 Å². The molecular formula is C19H18Cl2N2O2. The quantitative estimate of drug-likeness (QED) is 0.865. The summed E-state index contributed by atoms with van der Waals surface area (Å²) in [7, 11) is 0. The first-order chi connectivity index (χ1) is 12.0. The Bertz CT molecular complexity index is 777. The smallest absolute Gasteiger partial charge is 0.225 e. The summed E-state index contributed by atoms with van der Waals surface area (Å²) < 4.78 is 0. The second-order valence-electron chi connectivity index (χ2n) is 6.11. The molecule has 1 aliphatic heterocycles. The number of carbonyl (C=O) groups excluding carboxylic acids is 2. The Morgan fingerprint density at radius 1 is 1.12 bits per heavy atom. The van der Waals surface area contributed by atoms with Crippen LogP contribution in [0.5, 0.6) is 0 Å². The van der Waals surface area contributed by atoms with Crippen LogP contribution in [0, 0.1) is 5.92 Å². The molecule has 0 radical (unpaired) electrons. The molecule has 130 valence electrons. The SMILES string of the molecule is O=C(NCc1ccc(Cl)cc1)[C@H]1CC(=O)N(Cc2ccccc2Cl)C1. The number of nitrogens with one attached hydrogen (secondary N) is 1. The Hall–Kier alpha value is -2.04. The highest BCUT2D eigenvalue weighted by atomic mass is 35.5. The van der Waals surface area contributed by atoms with Crippen molar-refractivity contribution in [3.05, 3.63) is 69.7 Å². The molecule has 1 atom stereocenters. The lowest BCUT2D eigenvalue weighted by molar-refractivity contribution is -0.129. The number of hydrogen-bond donors (Lipinski definition) is 1. The average Bonchev–Trinajstić information content (AvgIpc) is 2.97. The summed E-state index contributed by atoms with van der Waals surface area (Å²) in [5, 5.41) is 4.18. The van der Waals surface area contributed by atoms with Crippen molar-refractivity contribution in [1.82, 2.24) is 10.2 Å². The van der Waals surface area contributed by atoms with Crippen LogP contribution in [0.4, 0.5) is 0 Å². The minimum atomic E-state index is -0.331. The molecule has 6 heteroatoms. The minimum absolute atomic E-state index is 0.0217. The van der Waals surface area contributed by atoms with Gasteiger partial charge in [0.2, 0.25) is 11.8 Å². The van der Waals surface area contributed by atoms with Crippen molar-refractivity contribution in [1.29, 1.82) is 0 Å². The molecule has 3 rings (SSSR count). The van der Waals surface area contributed by atoms with Crippen LogP contribution >= 0.6 is 23.2 Å². The highest BCUT2D eigenvalue weighted by molar-refractivity contribution is 6.31. The van der Waals surface area contributed by atoms with E-state index in [1.54, 1.807) is 23.1 Å². The zero-order valence-electron chi connectivity index (χ0n) is 13.5. The predicted octanol–water partition coefficient (Wildman–Crippen LogP) is 3.66. The number of rotatable bonds is 5. The van der Waals surface area contributed by atoms with Crippen LogP contribution in [-0.2, 0) is 22.7 Å². The van der Waals surface area contributed by atoms with Crippen LogP contribution in [0.3, 0.4) is 0 Å². The number of hydrogen-bond acceptors (Lipinski definition) is 2. The summed E-state index contributed by atoms with van der Waals surface area (Å²) in [6.07, 6.45) is 0.233. The summed E-state index contributed by atoms with van der Waals surface area (Å²) in [5.74, 6) is -0.459. The van der Waals surface area contributed by atoms with Crippen molar-refractivity contribution in [2.75, 3.05) is 6.54 Å². The lowest BCUT2D eigenvalue weighted by Crippen LogP contribution is -2.32. The molecule has 25 heavy (non-hydrogen) atoms. The van der Waals surface area contributed by atoms with E-state index >= 15 is 0 Å². The highest BCUT2D eigenvalue weighted by Crippen LogP contribution is 2.23. The monoisotopic (exact) mass is 376 g/mol. The number of nitrogens with zero attached hydrogens (tertiary/aromatic N) is 1. The first kappa shape index (κ1) is 17.8. The maximum absolute atomic E-state index is 12.4. The van der Waals surface area contributed by atoms with Gasteiger partial charge in [-0.05, 0) is 29.3 Å². The van der Waals surface area contributed by atoms with Crippen molar-refractivity contribution < 1.29 is 9.59 Å². The van der Waals surface area contributed by atoms with Crippen molar-refractivity contribution in [3.63, 3.8) is 0 Å². The number of benzene rings is 2. The first-order valence-electron chi connectivity index (χ1n) is 8.06. The van der Waals surface area contributed by atoms with Crippen LogP contribution in [0.1, 0.15) is 17.5 Å². The minimum Gasteiger partial charge on any atom is -0.352 e. The third kappa shape index (κ3) is 4.53. The molecule has 1 N–H and O–H groups in total. The summed E-state index contributed by atoms with van der Waals surface area (Å²) in [6.45, 7) is 1.27. The summed E-state index contributed by atoms with van der Waals surface area (Å²) >= 11 is 12.0. The topological polar surface area (TPSA) is 49.4 Å². The first-order valence-corrected chi connectivity index (χ1v) is 8.82. The molecule has 0 aliphatic carbocycles. The number of halogens is 2. The molecule has 2 aromatic rings. The Balaban J connectivity index is 1.55. The highest BCUT2D eigenvalue weighted by Gasteiger charge is 2.34. The van der Waals surface area contributed by atoms with E-state index in [2.05, 4.69) is 5.32 Å². The Morgan fingerprint density at radius 2 is 1.84 bits per heavy atom. The fourth-order valence-corrected chi connectivity index (χ4v) is 3.19. The van der Waals surface area contributed by atoms with Crippen molar-refractivity contribution in [2.45, 2.75) is 19.5 Å². The van der Waals surface area contributed by atoms with Gasteiger partial charge < -0.3 is 10.2 Å². The number of likely N-dealkylation sites (tertiary alicyclic amines) is 1. The summed E-state index contributed by atoms with van der Waals surface area (Å²) in [6, 6.07) is 14.7. The Labute approximate surface area is 156 Å². The summed E-state index contributed by atoms with van der Waals surface area (Å²) in [5.41, 5.74) is 1.86. The van der Waals surface area contributed by atoms with Crippen molar-refractivity contribution in [3.8, 4) is 0 Å². The van der Waals surface area contributed by atoms with Gasteiger partial charge in [-0.15, -0.1) is 0 Å². The zero-order chi connectivity index (χ0) is 17.8. The number of carbonyl (C=O) groups is 2. The molecule has 1 fully saturated rings. The van der Waals surface area contributed by atoms with Crippen LogP contribution in [0.25, 0.3) is 0 Å². The fourth-order valence-electron chi connectivity index (χ4n) is 2.87. The van der Waals surface area contributed by atoms with E-state index in [0.717, 1.165) is 11.1 Å². The lowest BCUT2D eigenvalue weighted by Gasteiger charge is -2.17. The fraction of sp³-hybridized carbons (Fsp3) is 0.263. The van der Waals surface area contributed by atoms with Gasteiger partial charge in [-0.1, -0.05) is 53.5 Å². The van der Waals surface area contributed by atoms with Gasteiger partial charge in [0.1, 0.15) is 0 Å². The van der Waals surface area contributed by atoms with E-state index in [-0.39, 0.29) is 24.2 Å². The zero-order valence-corrected chi connectivity index (χ0v) is 15.1. The third-order valence-electron chi connectivity index (χ3n) is 4.28. The van der Waals surface area contributed by atoms with Gasteiger partial charge >= 0.3 is 0 Å². The van der Waals surface area contributed by atoms with Crippen LogP contribution in [-0.4, -0.2) is 23.3 Å². The van der Waals surface area contributed by atoms with E-state index in [0.29, 0.717) is 29.7 Å². The standard InChI is InChI=1S/C19H18Cl2N2O2/c20-16-7-5-13(6-8-16)10-22-19(25)15-9-18(24)23(12-15)11-14-3-1-2-4-17(14)21/h1-8,15H,9-12H2,(H,22,25)/t15-/m0/s1. The molecule has 1 aliphatic rings. The Kier molecular flexibility index (Phi) is 5.61. The van der Waals surface area contributed by atoms with E-state index in [1.807, 2.05) is 30.3 Å². The molecule has 0 aromatic heterocycles. The molecule has 0 saturated carbocycles. The maximum atomic E-state index is 12.4. The molecule has 1 heterocycles. The van der Waals surface area contributed by atoms with Gasteiger partial charge in [-0.2, -0.15) is 0 Å². The number of amides is 2. The van der Waals surface area contributed by atoms with Gasteiger partial charge in [0.25, 0.3) is 0 Å². The predicted molar refractivity (Wildman–Crippen MR) is 98.3 cm³/mol. The van der Waals surface area contributed by atoms with E-state index in [1.165, 1.54) is 0 Å². The second-order valence-corrected chi connectivity index (χ2v) is 6.95. The molecule has 2 amide bonds. The Morgan fingerprint density at radius 3 is 2.56 bits per heavy atom. The molecule has 2 aromatic carbocycles. The molecule has 1 saturated heterocycles. The van der Waals surface area contributed by atoms with Crippen molar-refractivity contribution in [2.24, 2.45) is 5.92 Å². The molecular weight excluding hydrogens is 359 g/mol. The lowest BCUT2D eigenvalue weighted by atomic mass is 10.1. The van der Waals surface area contributed by atoms with Crippen molar-refractivity contribution >= 4 is 35.0 Å². The third-order valence-corrected chi connectivity index (χ3v) is 4.91.